The highest BCUT2D eigenvalue weighted by Gasteiger charge is 2.17. The first-order chi connectivity index (χ1) is 20.9. The first-order valence-electron chi connectivity index (χ1n) is 15.5. The molecule has 0 saturated carbocycles. The van der Waals surface area contributed by atoms with Crippen molar-refractivity contribution in [3.8, 4) is 28.5 Å². The summed E-state index contributed by atoms with van der Waals surface area (Å²) in [6.45, 7) is 9.18. The third kappa shape index (κ3) is 8.54. The molecule has 0 aliphatic rings. The molecule has 1 heterocycles. The van der Waals surface area contributed by atoms with Crippen LogP contribution in [0.3, 0.4) is 0 Å². The number of hydroxylamine groups is 2. The molecule has 43 heavy (non-hydrogen) atoms. The molecular formula is C36H46N2O5. The van der Waals surface area contributed by atoms with Gasteiger partial charge in [0.15, 0.2) is 0 Å². The standard InChI is InChI=1S/C36H46N2O5/c1-6-8-22-41-31-18-14-29(15-19-31)36-27(3)33-25-32(43-23-9-7-2)20-21-34(33)38(36)26-28-12-16-30(17-13-28)42-24-10-11-35(39)37(4)40-5/h12-21,25H,6-11,22-24,26H2,1-5H3. The monoisotopic (exact) mass is 586 g/mol. The largest absolute Gasteiger partial charge is 0.494 e. The molecule has 7 nitrogen and oxygen atoms in total. The lowest BCUT2D eigenvalue weighted by molar-refractivity contribution is -0.168. The van der Waals surface area contributed by atoms with Crippen LogP contribution in [0.5, 0.6) is 17.2 Å². The summed E-state index contributed by atoms with van der Waals surface area (Å²) in [4.78, 5) is 16.8. The molecule has 0 atom stereocenters. The van der Waals surface area contributed by atoms with Gasteiger partial charge in [-0.05, 0) is 97.5 Å². The number of aryl methyl sites for hydroxylation is 1. The first kappa shape index (κ1) is 32.0. The fourth-order valence-corrected chi connectivity index (χ4v) is 5.05. The number of hydrogen-bond acceptors (Lipinski definition) is 5. The van der Waals surface area contributed by atoms with Crippen molar-refractivity contribution in [1.82, 2.24) is 9.63 Å². The van der Waals surface area contributed by atoms with Gasteiger partial charge >= 0.3 is 0 Å². The van der Waals surface area contributed by atoms with Gasteiger partial charge in [0.25, 0.3) is 0 Å². The maximum Gasteiger partial charge on any atom is 0.245 e. The summed E-state index contributed by atoms with van der Waals surface area (Å²) in [5, 5.41) is 2.44. The number of carbonyl (C=O) groups is 1. The summed E-state index contributed by atoms with van der Waals surface area (Å²) >= 11 is 0. The molecule has 0 spiro atoms. The quantitative estimate of drug-likeness (QED) is 0.0922. The number of aromatic nitrogens is 1. The molecule has 4 aromatic rings. The first-order valence-corrected chi connectivity index (χ1v) is 15.5. The highest BCUT2D eigenvalue weighted by atomic mass is 16.7. The van der Waals surface area contributed by atoms with E-state index in [4.69, 9.17) is 19.0 Å². The highest BCUT2D eigenvalue weighted by Crippen LogP contribution is 2.36. The summed E-state index contributed by atoms with van der Waals surface area (Å²) in [5.74, 6) is 2.53. The molecule has 3 aromatic carbocycles. The molecule has 230 valence electrons. The number of rotatable bonds is 17. The molecule has 0 aliphatic carbocycles. The minimum Gasteiger partial charge on any atom is -0.494 e. The second-order valence-corrected chi connectivity index (χ2v) is 10.8. The van der Waals surface area contributed by atoms with Crippen molar-refractivity contribution in [3.63, 3.8) is 0 Å². The number of hydrogen-bond donors (Lipinski definition) is 0. The Balaban J connectivity index is 1.56. The molecular weight excluding hydrogens is 540 g/mol. The maximum absolute atomic E-state index is 11.9. The van der Waals surface area contributed by atoms with Crippen molar-refractivity contribution in [2.24, 2.45) is 0 Å². The van der Waals surface area contributed by atoms with Crippen molar-refractivity contribution < 1.29 is 23.8 Å². The van der Waals surface area contributed by atoms with E-state index in [9.17, 15) is 4.79 Å². The molecule has 0 radical (unpaired) electrons. The van der Waals surface area contributed by atoms with Crippen LogP contribution in [0.2, 0.25) is 0 Å². The molecule has 0 saturated heterocycles. The van der Waals surface area contributed by atoms with E-state index >= 15 is 0 Å². The van der Waals surface area contributed by atoms with E-state index in [2.05, 4.69) is 79.9 Å². The van der Waals surface area contributed by atoms with Crippen LogP contribution in [0, 0.1) is 6.92 Å². The maximum atomic E-state index is 11.9. The fraction of sp³-hybridized carbons (Fsp3) is 0.417. The molecule has 0 bridgehead atoms. The Labute approximate surface area is 256 Å². The molecule has 4 rings (SSSR count). The van der Waals surface area contributed by atoms with Crippen LogP contribution in [-0.4, -0.2) is 49.5 Å². The van der Waals surface area contributed by atoms with Gasteiger partial charge in [0.2, 0.25) is 5.91 Å². The third-order valence-electron chi connectivity index (χ3n) is 7.64. The van der Waals surface area contributed by atoms with Crippen molar-refractivity contribution in [1.29, 1.82) is 0 Å². The predicted octanol–water partition coefficient (Wildman–Crippen LogP) is 8.20. The van der Waals surface area contributed by atoms with E-state index in [1.165, 1.54) is 39.9 Å². The van der Waals surface area contributed by atoms with Crippen LogP contribution in [-0.2, 0) is 16.2 Å². The Morgan fingerprint density at radius 3 is 1.93 bits per heavy atom. The molecule has 7 heteroatoms. The van der Waals surface area contributed by atoms with E-state index in [1.54, 1.807) is 7.05 Å². The second kappa shape index (κ2) is 16.0. The van der Waals surface area contributed by atoms with Crippen LogP contribution in [0.1, 0.15) is 63.5 Å². The average Bonchev–Trinajstić information content (AvgIpc) is 3.30. The lowest BCUT2D eigenvalue weighted by atomic mass is 10.1. The molecule has 1 amide bonds. The van der Waals surface area contributed by atoms with E-state index in [1.807, 2.05) is 12.1 Å². The average molecular weight is 587 g/mol. The van der Waals surface area contributed by atoms with Gasteiger partial charge in [-0.25, -0.2) is 5.06 Å². The van der Waals surface area contributed by atoms with Gasteiger partial charge in [0.05, 0.1) is 32.6 Å². The van der Waals surface area contributed by atoms with Gasteiger partial charge in [-0.3, -0.25) is 9.63 Å². The number of unbranched alkanes of at least 4 members (excludes halogenated alkanes) is 2. The van der Waals surface area contributed by atoms with Crippen LogP contribution in [0.4, 0.5) is 0 Å². The van der Waals surface area contributed by atoms with Crippen LogP contribution < -0.4 is 14.2 Å². The lowest BCUT2D eigenvalue weighted by Gasteiger charge is -2.14. The van der Waals surface area contributed by atoms with Gasteiger partial charge < -0.3 is 18.8 Å². The molecule has 1 aromatic heterocycles. The SMILES string of the molecule is CCCCOc1ccc(-c2c(C)c3cc(OCCCC)ccc3n2Cc2ccc(OCCCC(=O)N(C)OC)cc2)cc1. The zero-order valence-electron chi connectivity index (χ0n) is 26.4. The van der Waals surface area contributed by atoms with E-state index in [0.29, 0.717) is 26.0 Å². The van der Waals surface area contributed by atoms with Crippen LogP contribution >= 0.6 is 0 Å². The summed E-state index contributed by atoms with van der Waals surface area (Å²) in [6.07, 6.45) is 5.31. The van der Waals surface area contributed by atoms with Crippen molar-refractivity contribution in [2.45, 2.75) is 65.8 Å². The van der Waals surface area contributed by atoms with Gasteiger partial charge in [-0.1, -0.05) is 38.8 Å². The molecule has 0 unspecified atom stereocenters. The van der Waals surface area contributed by atoms with Crippen molar-refractivity contribution in [2.75, 3.05) is 34.0 Å². The van der Waals surface area contributed by atoms with Gasteiger partial charge in [0, 0.05) is 30.9 Å². The summed E-state index contributed by atoms with van der Waals surface area (Å²) < 4.78 is 20.3. The van der Waals surface area contributed by atoms with Crippen molar-refractivity contribution in [3.05, 3.63) is 77.9 Å². The normalized spacial score (nSPS) is 11.1. The van der Waals surface area contributed by atoms with Crippen LogP contribution in [0.15, 0.2) is 66.7 Å². The molecule has 0 aliphatic heterocycles. The Morgan fingerprint density at radius 1 is 0.767 bits per heavy atom. The Bertz CT molecular complexity index is 1440. The number of ether oxygens (including phenoxy) is 3. The predicted molar refractivity (Wildman–Crippen MR) is 173 cm³/mol. The lowest BCUT2D eigenvalue weighted by Crippen LogP contribution is -2.25. The zero-order valence-corrected chi connectivity index (χ0v) is 26.4. The molecule has 0 fully saturated rings. The third-order valence-corrected chi connectivity index (χ3v) is 7.64. The summed E-state index contributed by atoms with van der Waals surface area (Å²) in [5.41, 5.74) is 5.91. The van der Waals surface area contributed by atoms with Gasteiger partial charge in [-0.15, -0.1) is 0 Å². The highest BCUT2D eigenvalue weighted by molar-refractivity contribution is 5.92. The number of benzene rings is 3. The van der Waals surface area contributed by atoms with Gasteiger partial charge in [0.1, 0.15) is 17.2 Å². The second-order valence-electron chi connectivity index (χ2n) is 10.8. The number of amides is 1. The number of fused-ring (bicyclic) bond motifs is 1. The van der Waals surface area contributed by atoms with E-state index < -0.39 is 0 Å². The topological polar surface area (TPSA) is 62.2 Å². The molecule has 0 N–H and O–H groups in total. The Kier molecular flexibility index (Phi) is 11.9. The van der Waals surface area contributed by atoms with E-state index in [-0.39, 0.29) is 5.91 Å². The summed E-state index contributed by atoms with van der Waals surface area (Å²) in [7, 11) is 3.10. The minimum absolute atomic E-state index is 0.0650. The van der Waals surface area contributed by atoms with Gasteiger partial charge in [-0.2, -0.15) is 0 Å². The summed E-state index contributed by atoms with van der Waals surface area (Å²) in [6, 6.07) is 23.1. The number of nitrogens with zero attached hydrogens (tertiary/aromatic N) is 2. The zero-order chi connectivity index (χ0) is 30.6. The van der Waals surface area contributed by atoms with E-state index in [0.717, 1.165) is 61.7 Å². The number of carbonyl (C=O) groups excluding carboxylic acids is 1. The Hall–Kier alpha value is -3.97. The Morgan fingerprint density at radius 2 is 1.33 bits per heavy atom. The fourth-order valence-electron chi connectivity index (χ4n) is 5.05. The van der Waals surface area contributed by atoms with Crippen LogP contribution in [0.25, 0.3) is 22.2 Å². The minimum atomic E-state index is -0.0650. The van der Waals surface area contributed by atoms with Crippen molar-refractivity contribution >= 4 is 16.8 Å². The smallest absolute Gasteiger partial charge is 0.245 e.